The molecule has 3 aliphatic rings. The maximum Gasteiger partial charge on any atom is 0.311 e. The molecule has 0 saturated carbocycles. The number of rotatable bonds is 16. The fourth-order valence-electron chi connectivity index (χ4n) is 9.97. The minimum atomic E-state index is -1.80. The lowest BCUT2D eigenvalue weighted by Crippen LogP contribution is -2.60. The number of aliphatic hydroxyl groups is 7. The van der Waals surface area contributed by atoms with E-state index in [4.69, 9.17) is 38.6 Å². The van der Waals surface area contributed by atoms with Gasteiger partial charge in [0.2, 0.25) is 0 Å². The largest absolute Gasteiger partial charge is 0.459 e. The molecule has 3 saturated heterocycles. The maximum absolute atomic E-state index is 14.2. The highest BCUT2D eigenvalue weighted by molar-refractivity contribution is 5.73. The topological polar surface area (TPSA) is 245 Å². The van der Waals surface area contributed by atoms with Gasteiger partial charge in [-0.05, 0) is 108 Å². The van der Waals surface area contributed by atoms with Crippen molar-refractivity contribution >= 4 is 5.97 Å². The molecule has 18 nitrogen and oxygen atoms in total. The third kappa shape index (κ3) is 16.5. The number of cyclic esters (lactones) is 1. The van der Waals surface area contributed by atoms with Crippen molar-refractivity contribution in [3.8, 4) is 0 Å². The predicted octanol–water partition coefficient (Wildman–Crippen LogP) is 1.61. The van der Waals surface area contributed by atoms with Crippen LogP contribution in [0.25, 0.3) is 0 Å². The molecule has 9 N–H and O–H groups in total. The first kappa shape index (κ1) is 61.0. The molecule has 0 aliphatic carbocycles. The standard InChI is InChI=1S/C38H72N2O12.C10H24N2O2/c1-15-27-38(10,46)31(42)24(6)40(13)19-20(2)17-36(8,45)33(52-35-29(41)26(39(11)12)16-21(3)48-35)22(4)30(23(5)34(44)50-27)51-28-18-37(9,47-14)32(43)25(7)49-28;1-3-9(7-13)11-5-6-12-10(4-2)8-14/h20-33,35,41-43,45-46H,15-19H2,1-14H3;9-14H,3-8H2,1-2H3/t20-,21-,22+,23-,24-,25+,26+,27-,28+,29-,30+,31-,32+,33-,35+,36-,37-,38-;/m1./s1. The number of carbonyl (C=O) groups excluding carboxylic acids is 1. The normalized spacial score (nSPS) is 42.4. The Morgan fingerprint density at radius 3 is 1.91 bits per heavy atom. The van der Waals surface area contributed by atoms with Crippen molar-refractivity contribution in [2.75, 3.05) is 61.1 Å². The summed E-state index contributed by atoms with van der Waals surface area (Å²) in [5.74, 6) is -2.58. The average molecular weight is 953 g/mol. The molecule has 0 spiro atoms. The minimum absolute atomic E-state index is 0.133. The third-order valence-electron chi connectivity index (χ3n) is 14.6. The van der Waals surface area contributed by atoms with E-state index in [1.165, 1.54) is 14.0 Å². The van der Waals surface area contributed by atoms with Crippen molar-refractivity contribution in [1.82, 2.24) is 20.4 Å². The summed E-state index contributed by atoms with van der Waals surface area (Å²) < 4.78 is 37.5. The van der Waals surface area contributed by atoms with Gasteiger partial charge in [-0.1, -0.05) is 34.6 Å². The molecule has 0 aromatic heterocycles. The quantitative estimate of drug-likeness (QED) is 0.0789. The monoisotopic (exact) mass is 953 g/mol. The summed E-state index contributed by atoms with van der Waals surface area (Å²) in [5.41, 5.74) is -4.37. The van der Waals surface area contributed by atoms with Crippen molar-refractivity contribution in [2.24, 2.45) is 17.8 Å². The van der Waals surface area contributed by atoms with E-state index in [9.17, 15) is 30.3 Å². The Morgan fingerprint density at radius 1 is 0.864 bits per heavy atom. The molecule has 0 aromatic carbocycles. The van der Waals surface area contributed by atoms with Gasteiger partial charge in [-0.25, -0.2) is 0 Å². The summed E-state index contributed by atoms with van der Waals surface area (Å²) in [6.45, 7) is 24.2. The zero-order chi connectivity index (χ0) is 50.5. The van der Waals surface area contributed by atoms with Crippen LogP contribution in [0.5, 0.6) is 0 Å². The van der Waals surface area contributed by atoms with Crippen LogP contribution in [0.1, 0.15) is 122 Å². The second-order valence-electron chi connectivity index (χ2n) is 20.6. The summed E-state index contributed by atoms with van der Waals surface area (Å²) >= 11 is 0. The molecule has 0 amide bonds. The van der Waals surface area contributed by atoms with Crippen LogP contribution >= 0.6 is 0 Å². The summed E-state index contributed by atoms with van der Waals surface area (Å²) in [5, 5.41) is 82.4. The van der Waals surface area contributed by atoms with Gasteiger partial charge in [0, 0.05) is 63.3 Å². The molecule has 3 heterocycles. The summed E-state index contributed by atoms with van der Waals surface area (Å²) in [6, 6.07) is -0.408. The Balaban J connectivity index is 0.000000917. The van der Waals surface area contributed by atoms with E-state index in [0.29, 0.717) is 13.0 Å². The van der Waals surface area contributed by atoms with E-state index in [2.05, 4.69) is 10.6 Å². The Morgan fingerprint density at radius 2 is 1.42 bits per heavy atom. The van der Waals surface area contributed by atoms with Gasteiger partial charge in [-0.15, -0.1) is 0 Å². The van der Waals surface area contributed by atoms with Crippen LogP contribution in [0.3, 0.4) is 0 Å². The second-order valence-corrected chi connectivity index (χ2v) is 20.6. The van der Waals surface area contributed by atoms with Crippen LogP contribution < -0.4 is 10.6 Å². The lowest BCUT2D eigenvalue weighted by molar-refractivity contribution is -0.318. The Kier molecular flexibility index (Phi) is 25.3. The van der Waals surface area contributed by atoms with Crippen molar-refractivity contribution in [3.63, 3.8) is 0 Å². The fourth-order valence-corrected chi connectivity index (χ4v) is 9.97. The lowest BCUT2D eigenvalue weighted by Gasteiger charge is -2.48. The highest BCUT2D eigenvalue weighted by atomic mass is 16.7. The van der Waals surface area contributed by atoms with Gasteiger partial charge in [0.05, 0.1) is 54.7 Å². The molecule has 0 bridgehead atoms. The molecule has 66 heavy (non-hydrogen) atoms. The molecular weight excluding hydrogens is 857 g/mol. The van der Waals surface area contributed by atoms with E-state index in [0.717, 1.165) is 25.9 Å². The van der Waals surface area contributed by atoms with Crippen molar-refractivity contribution in [1.29, 1.82) is 0 Å². The van der Waals surface area contributed by atoms with Gasteiger partial charge in [0.25, 0.3) is 0 Å². The first-order chi connectivity index (χ1) is 30.7. The molecule has 0 aromatic rings. The van der Waals surface area contributed by atoms with Crippen LogP contribution in [0.15, 0.2) is 0 Å². The number of nitrogens with zero attached hydrogens (tertiary/aromatic N) is 2. The van der Waals surface area contributed by atoms with E-state index in [1.54, 1.807) is 41.5 Å². The summed E-state index contributed by atoms with van der Waals surface area (Å²) in [6.07, 6.45) is -6.31. The van der Waals surface area contributed by atoms with Crippen LogP contribution in [0, 0.1) is 17.8 Å². The predicted molar refractivity (Wildman–Crippen MR) is 253 cm³/mol. The second kappa shape index (κ2) is 27.4. The molecule has 18 heteroatoms. The molecule has 392 valence electrons. The molecule has 20 atom stereocenters. The zero-order valence-corrected chi connectivity index (χ0v) is 43.5. The number of methoxy groups -OCH3 is 1. The summed E-state index contributed by atoms with van der Waals surface area (Å²) in [4.78, 5) is 18.0. The first-order valence-corrected chi connectivity index (χ1v) is 24.6. The van der Waals surface area contributed by atoms with E-state index < -0.39 is 96.0 Å². The van der Waals surface area contributed by atoms with Gasteiger partial charge in [0.15, 0.2) is 12.6 Å². The SMILES string of the molecule is CCC(CO)NCCNC(CC)CO.CC[C@H]1OC(=O)[C@H](C)[C@@H](O[C@H]2C[C@@](C)(OC)[C@@H](O)[C@H](C)O2)[C@H](C)[C@@H](O[C@@H]2O[C@H](C)C[C@H](N(C)C)[C@H]2O)[C@](C)(O)C[C@@H](C)CN(C)[C@H](C)[C@@H](O)[C@]1(C)O. The number of likely N-dealkylation sites (N-methyl/N-ethyl adjacent to an activating group) is 2. The maximum atomic E-state index is 14.2. The van der Waals surface area contributed by atoms with Crippen molar-refractivity contribution in [3.05, 3.63) is 0 Å². The number of ether oxygens (including phenoxy) is 6. The average Bonchev–Trinajstić information content (AvgIpc) is 3.26. The molecule has 0 radical (unpaired) electrons. The van der Waals surface area contributed by atoms with Gasteiger partial charge in [-0.2, -0.15) is 0 Å². The van der Waals surface area contributed by atoms with Crippen LogP contribution in [0.4, 0.5) is 0 Å². The minimum Gasteiger partial charge on any atom is -0.459 e. The Hall–Kier alpha value is -1.17. The summed E-state index contributed by atoms with van der Waals surface area (Å²) in [7, 11) is 7.12. The smallest absolute Gasteiger partial charge is 0.311 e. The van der Waals surface area contributed by atoms with E-state index in [1.807, 2.05) is 65.6 Å². The number of esters is 1. The number of carbonyl (C=O) groups is 1. The zero-order valence-electron chi connectivity index (χ0n) is 43.5. The van der Waals surface area contributed by atoms with E-state index >= 15 is 0 Å². The highest BCUT2D eigenvalue weighted by Crippen LogP contribution is 2.40. The van der Waals surface area contributed by atoms with Crippen molar-refractivity contribution in [2.45, 2.75) is 224 Å². The molecule has 3 aliphatic heterocycles. The number of hydrogen-bond acceptors (Lipinski definition) is 18. The van der Waals surface area contributed by atoms with Crippen LogP contribution in [0.2, 0.25) is 0 Å². The molecular formula is C48H96N4O14. The number of hydrogen-bond donors (Lipinski definition) is 9. The van der Waals surface area contributed by atoms with Crippen LogP contribution in [-0.4, -0.2) is 215 Å². The lowest BCUT2D eigenvalue weighted by atomic mass is 9.77. The van der Waals surface area contributed by atoms with Crippen molar-refractivity contribution < 1.29 is 69.0 Å². The first-order valence-electron chi connectivity index (χ1n) is 24.6. The Bertz CT molecular complexity index is 1360. The van der Waals surface area contributed by atoms with Gasteiger partial charge >= 0.3 is 5.97 Å². The highest BCUT2D eigenvalue weighted by Gasteiger charge is 2.52. The fraction of sp³-hybridized carbons (Fsp3) is 0.979. The third-order valence-corrected chi connectivity index (χ3v) is 14.6. The van der Waals surface area contributed by atoms with Gasteiger partial charge in [-0.3, -0.25) is 4.79 Å². The number of nitrogens with one attached hydrogen (secondary N) is 2. The number of aliphatic hydroxyl groups excluding tert-OH is 5. The van der Waals surface area contributed by atoms with Gasteiger partial charge < -0.3 is 84.6 Å². The van der Waals surface area contributed by atoms with Crippen LogP contribution in [-0.2, 0) is 33.2 Å². The van der Waals surface area contributed by atoms with E-state index in [-0.39, 0.29) is 62.6 Å². The Labute approximate surface area is 397 Å². The molecule has 2 unspecified atom stereocenters. The van der Waals surface area contributed by atoms with Gasteiger partial charge in [0.1, 0.15) is 30.0 Å². The molecule has 3 fully saturated rings. The molecule has 3 rings (SSSR count).